The van der Waals surface area contributed by atoms with Gasteiger partial charge in [-0.25, -0.2) is 0 Å². The van der Waals surface area contributed by atoms with Gasteiger partial charge in [0, 0.05) is 0 Å². The normalized spacial score (nSPS) is 11.8. The quantitative estimate of drug-likeness (QED) is 0.515. The molecule has 0 saturated carbocycles. The Kier molecular flexibility index (Phi) is 7.43. The van der Waals surface area contributed by atoms with Crippen LogP contribution in [0.15, 0.2) is 30.4 Å². The maximum absolute atomic E-state index is 9.05. The minimum absolute atomic E-state index is 0.704. The van der Waals surface area contributed by atoms with E-state index in [1.807, 2.05) is 12.2 Å². The van der Waals surface area contributed by atoms with Crippen LogP contribution in [-0.2, 0) is 25.8 Å². The molecule has 1 aliphatic carbocycles. The number of carbonyl (C=O) groups excluding carboxylic acids is 2. The molecule has 0 aromatic heterocycles. The van der Waals surface area contributed by atoms with E-state index in [2.05, 4.69) is 18.7 Å². The van der Waals surface area contributed by atoms with E-state index in [1.54, 1.807) is 0 Å². The third-order valence-corrected chi connectivity index (χ3v) is 1.34. The second-order valence-electron chi connectivity index (χ2n) is 1.66. The molecule has 0 heterocycles. The molecule has 0 amide bonds. The van der Waals surface area contributed by atoms with Gasteiger partial charge in [0.05, 0.1) is 0 Å². The zero-order chi connectivity index (χ0) is 9.23. The molecule has 0 fully saturated rings. The molecule has 0 atom stereocenters. The Morgan fingerprint density at radius 3 is 2.42 bits per heavy atom. The van der Waals surface area contributed by atoms with Gasteiger partial charge in [-0.2, -0.15) is 30.4 Å². The Hall–Kier alpha value is -0.997. The number of hydrogen-bond acceptors (Lipinski definition) is 2. The second kappa shape index (κ2) is 8.10. The standard InChI is InChI=1S/C7H7.2CO.Rh/c1-2-7-5-3-4-6-7;2*1-2;/h2-3,5H,1,4H2;;;/q-1;;;. The summed E-state index contributed by atoms with van der Waals surface area (Å²) in [7, 11) is 0. The molecular formula is C9H7O2Rh-. The van der Waals surface area contributed by atoms with Gasteiger partial charge in [-0.05, 0) is 0 Å². The van der Waals surface area contributed by atoms with E-state index < -0.39 is 16.2 Å². The summed E-state index contributed by atoms with van der Waals surface area (Å²) < 4.78 is 2.83. The summed E-state index contributed by atoms with van der Waals surface area (Å²) in [6.07, 6.45) is 9.95. The van der Waals surface area contributed by atoms with Crippen molar-refractivity contribution in [2.45, 2.75) is 6.42 Å². The van der Waals surface area contributed by atoms with Gasteiger partial charge >= 0.3 is 34.8 Å². The fourth-order valence-electron chi connectivity index (χ4n) is 0.576. The van der Waals surface area contributed by atoms with Crippen LogP contribution in [0.25, 0.3) is 0 Å². The third kappa shape index (κ3) is 5.76. The van der Waals surface area contributed by atoms with Crippen LogP contribution in [-0.4, -0.2) is 8.95 Å². The van der Waals surface area contributed by atoms with Gasteiger partial charge in [0.15, 0.2) is 0 Å². The molecule has 0 aromatic rings. The fraction of sp³-hybridized carbons (Fsp3) is 0.111. The van der Waals surface area contributed by atoms with Gasteiger partial charge in [0.25, 0.3) is 0 Å². The average Bonchev–Trinajstić information content (AvgIpc) is 2.58. The summed E-state index contributed by atoms with van der Waals surface area (Å²) >= 11 is -0.704. The molecule has 0 unspecified atom stereocenters. The van der Waals surface area contributed by atoms with Crippen LogP contribution < -0.4 is 0 Å². The molecule has 0 aromatic carbocycles. The van der Waals surface area contributed by atoms with Gasteiger partial charge in [0.1, 0.15) is 0 Å². The summed E-state index contributed by atoms with van der Waals surface area (Å²) in [5.41, 5.74) is 1.13. The van der Waals surface area contributed by atoms with Gasteiger partial charge in [-0.3, -0.25) is 0 Å². The van der Waals surface area contributed by atoms with Gasteiger partial charge in [-0.1, -0.05) is 6.42 Å². The van der Waals surface area contributed by atoms with Gasteiger partial charge < -0.3 is 0 Å². The number of hydrogen-bond donors (Lipinski definition) is 0. The molecule has 1 rings (SSSR count). The maximum atomic E-state index is 9.05. The van der Waals surface area contributed by atoms with Crippen LogP contribution in [0.4, 0.5) is 0 Å². The van der Waals surface area contributed by atoms with Crippen molar-refractivity contribution in [3.05, 3.63) is 36.5 Å². The molecule has 0 saturated heterocycles. The molecule has 0 N–H and O–H groups in total. The Morgan fingerprint density at radius 1 is 1.58 bits per heavy atom. The topological polar surface area (TPSA) is 34.1 Å². The molecule has 2 nitrogen and oxygen atoms in total. The predicted molar refractivity (Wildman–Crippen MR) is 42.1 cm³/mol. The van der Waals surface area contributed by atoms with Crippen LogP contribution in [0.2, 0.25) is 0 Å². The Labute approximate surface area is 77.9 Å². The zero-order valence-electron chi connectivity index (χ0n) is 6.30. The summed E-state index contributed by atoms with van der Waals surface area (Å²) in [4.78, 5) is 18.1. The van der Waals surface area contributed by atoms with Crippen molar-refractivity contribution < 1.29 is 25.8 Å². The van der Waals surface area contributed by atoms with Gasteiger partial charge in [-0.15, -0.1) is 6.08 Å². The van der Waals surface area contributed by atoms with Crippen LogP contribution in [0, 0.1) is 6.08 Å². The molecule has 0 aliphatic heterocycles. The van der Waals surface area contributed by atoms with Crippen molar-refractivity contribution in [2.75, 3.05) is 0 Å². The van der Waals surface area contributed by atoms with Crippen molar-refractivity contribution in [3.63, 3.8) is 0 Å². The van der Waals surface area contributed by atoms with E-state index >= 15 is 0 Å². The van der Waals surface area contributed by atoms with Crippen molar-refractivity contribution in [1.82, 2.24) is 0 Å². The third-order valence-electron chi connectivity index (χ3n) is 1.01. The summed E-state index contributed by atoms with van der Waals surface area (Å²) in [6.45, 7) is 3.59. The molecule has 0 spiro atoms. The first kappa shape index (κ1) is 11.0. The summed E-state index contributed by atoms with van der Waals surface area (Å²) in [5.74, 6) is 0. The molecule has 65 valence electrons. The van der Waals surface area contributed by atoms with Crippen molar-refractivity contribution in [2.24, 2.45) is 0 Å². The van der Waals surface area contributed by atoms with E-state index in [0.717, 1.165) is 12.0 Å². The van der Waals surface area contributed by atoms with Crippen LogP contribution >= 0.6 is 0 Å². The van der Waals surface area contributed by atoms with E-state index in [1.165, 1.54) is 8.95 Å². The Balaban J connectivity index is 0.000000217. The van der Waals surface area contributed by atoms with E-state index in [-0.39, 0.29) is 0 Å². The SMILES string of the molecule is C=CC1=[C-]CC=C1.O=[C]=[Rh]=[C]=O. The van der Waals surface area contributed by atoms with E-state index in [4.69, 9.17) is 9.59 Å². The van der Waals surface area contributed by atoms with Crippen LogP contribution in [0.1, 0.15) is 6.42 Å². The number of allylic oxidation sites excluding steroid dienone is 5. The zero-order valence-corrected chi connectivity index (χ0v) is 7.93. The summed E-state index contributed by atoms with van der Waals surface area (Å²) in [5, 5.41) is 0. The molecule has 0 radical (unpaired) electrons. The minimum atomic E-state index is -0.704. The van der Waals surface area contributed by atoms with Crippen LogP contribution in [0.3, 0.4) is 0 Å². The van der Waals surface area contributed by atoms with Crippen molar-refractivity contribution in [1.29, 1.82) is 0 Å². The first-order chi connectivity index (χ1) is 5.85. The molecule has 3 heteroatoms. The molecule has 1 aliphatic rings. The second-order valence-corrected chi connectivity index (χ2v) is 2.74. The molecular weight excluding hydrogens is 243 g/mol. The predicted octanol–water partition coefficient (Wildman–Crippen LogP) is 1.07. The van der Waals surface area contributed by atoms with Crippen molar-refractivity contribution >= 4 is 8.95 Å². The Morgan fingerprint density at radius 2 is 2.25 bits per heavy atom. The van der Waals surface area contributed by atoms with E-state index in [9.17, 15) is 0 Å². The fourth-order valence-corrected chi connectivity index (χ4v) is 0.644. The Bertz CT molecular complexity index is 297. The first-order valence-electron chi connectivity index (χ1n) is 3.07. The van der Waals surface area contributed by atoms with E-state index in [0.29, 0.717) is 0 Å². The van der Waals surface area contributed by atoms with Crippen LogP contribution in [0.5, 0.6) is 0 Å². The van der Waals surface area contributed by atoms with Gasteiger partial charge in [0.2, 0.25) is 0 Å². The van der Waals surface area contributed by atoms with Crippen molar-refractivity contribution in [3.8, 4) is 0 Å². The average molecular weight is 250 g/mol. The summed E-state index contributed by atoms with van der Waals surface area (Å²) in [6, 6.07) is 0. The molecule has 0 bridgehead atoms. The first-order valence-corrected chi connectivity index (χ1v) is 4.71. The number of rotatable bonds is 1. The molecule has 12 heavy (non-hydrogen) atoms. The monoisotopic (exact) mass is 250 g/mol.